The molecule has 4 heterocycles. The van der Waals surface area contributed by atoms with Gasteiger partial charge in [0.2, 0.25) is 27.7 Å². The third kappa shape index (κ3) is 7.22. The summed E-state index contributed by atoms with van der Waals surface area (Å²) >= 11 is 0. The maximum atomic E-state index is 14.5. The number of halogens is 1. The minimum Gasteiger partial charge on any atom is -0.471 e. The van der Waals surface area contributed by atoms with Gasteiger partial charge in [-0.2, -0.15) is 5.10 Å². The minimum absolute atomic E-state index is 0.0130. The van der Waals surface area contributed by atoms with Gasteiger partial charge in [-0.05, 0) is 63.6 Å². The van der Waals surface area contributed by atoms with Crippen molar-refractivity contribution in [3.8, 4) is 5.88 Å². The Labute approximate surface area is 299 Å². The molecule has 4 aliphatic rings. The summed E-state index contributed by atoms with van der Waals surface area (Å²) in [5, 5.41) is 9.10. The van der Waals surface area contributed by atoms with E-state index in [0.29, 0.717) is 43.3 Å². The molecule has 0 bridgehead atoms. The molecule has 3 fully saturated rings. The van der Waals surface area contributed by atoms with Crippen LogP contribution < -0.4 is 20.1 Å². The Balaban J connectivity index is 1.20. The monoisotopic (exact) mass is 736 g/mol. The Morgan fingerprint density at radius 2 is 1.88 bits per heavy atom. The zero-order valence-corrected chi connectivity index (χ0v) is 29.7. The lowest BCUT2D eigenvalue weighted by atomic mass is 10.0. The van der Waals surface area contributed by atoms with E-state index >= 15 is 0 Å². The molecular weight excluding hydrogens is 695 g/mol. The molecule has 15 nitrogen and oxygen atoms in total. The topological polar surface area (TPSA) is 195 Å². The van der Waals surface area contributed by atoms with Gasteiger partial charge in [-0.3, -0.25) is 28.6 Å². The third-order valence-electron chi connectivity index (χ3n) is 10.2. The smallest absolute Gasteiger partial charge is 0.270 e. The van der Waals surface area contributed by atoms with Crippen LogP contribution in [-0.2, 0) is 31.5 Å². The van der Waals surface area contributed by atoms with Gasteiger partial charge in [0.1, 0.15) is 40.9 Å². The molecule has 1 aromatic carbocycles. The fourth-order valence-corrected chi connectivity index (χ4v) is 8.41. The fraction of sp³-hybridized carbons (Fsp3) is 0.514. The molecule has 0 spiro atoms. The van der Waals surface area contributed by atoms with E-state index in [9.17, 15) is 32.0 Å². The summed E-state index contributed by atoms with van der Waals surface area (Å²) < 4.78 is 49.4. The predicted octanol–water partition coefficient (Wildman–Crippen LogP) is 1.96. The van der Waals surface area contributed by atoms with E-state index in [1.807, 2.05) is 12.2 Å². The largest absolute Gasteiger partial charge is 0.471 e. The summed E-state index contributed by atoms with van der Waals surface area (Å²) in [6.45, 7) is 1.61. The van der Waals surface area contributed by atoms with E-state index in [2.05, 4.69) is 30.4 Å². The highest BCUT2D eigenvalue weighted by molar-refractivity contribution is 7.91. The number of aryl methyl sites for hydroxylation is 2. The number of allylic oxidation sites excluding steroid dienone is 1. The fourth-order valence-electron chi connectivity index (χ4n) is 7.05. The Bertz CT molecular complexity index is 2070. The molecule has 0 radical (unpaired) electrons. The number of carbonyl (C=O) groups excluding carboxylic acids is 4. The van der Waals surface area contributed by atoms with Crippen LogP contribution in [0.5, 0.6) is 5.88 Å². The molecule has 2 aliphatic heterocycles. The average Bonchev–Trinajstić information content (AvgIpc) is 3.99. The van der Waals surface area contributed by atoms with E-state index in [1.54, 1.807) is 14.0 Å². The van der Waals surface area contributed by atoms with Crippen LogP contribution in [-0.4, -0.2) is 92.2 Å². The summed E-state index contributed by atoms with van der Waals surface area (Å²) in [5.74, 6) is -3.34. The molecule has 2 saturated carbocycles. The molecule has 0 unspecified atom stereocenters. The number of hydrogen-bond acceptors (Lipinski definition) is 10. The molecule has 3 aromatic rings. The lowest BCUT2D eigenvalue weighted by Crippen LogP contribution is -2.58. The van der Waals surface area contributed by atoms with Gasteiger partial charge < -0.3 is 20.3 Å². The third-order valence-corrected chi connectivity index (χ3v) is 12.1. The highest BCUT2D eigenvalue weighted by Crippen LogP contribution is 2.46. The number of sulfonamides is 1. The van der Waals surface area contributed by atoms with Crippen molar-refractivity contribution in [1.29, 1.82) is 0 Å². The summed E-state index contributed by atoms with van der Waals surface area (Å²) in [6.07, 6.45) is 8.68. The number of amides is 4. The van der Waals surface area contributed by atoms with Gasteiger partial charge in [0, 0.05) is 31.6 Å². The lowest BCUT2D eigenvalue weighted by Gasteiger charge is -2.30. The number of hydrogen-bond donors (Lipinski definition) is 3. The molecule has 276 valence electrons. The van der Waals surface area contributed by atoms with E-state index in [1.165, 1.54) is 40.0 Å². The molecule has 2 aromatic heterocycles. The maximum Gasteiger partial charge on any atom is 0.270 e. The number of fused-ring (bicyclic) bond motifs is 3. The average molecular weight is 737 g/mol. The van der Waals surface area contributed by atoms with Crippen LogP contribution in [0.2, 0.25) is 0 Å². The standard InChI is InChI=1S/C35H41FN8O7S/c1-20-32(40-27-16-22(36)10-13-25(27)38-20)51-23-17-29-31(46)41-35(34(48)42-52(49,50)24-11-12-24)18-21(35)8-6-4-3-5-7-9-26(33(47)44(29)19-23)39-30(45)28-14-15-37-43(28)2/h6,8,10,13-16,21,23-24,26,29H,3-5,7,9,11-12,17-19H2,1-2H3,(H,39,45)(H,41,46)(H,42,48)/t21-,23-,26+,29+,35-/m1/s1. The predicted molar refractivity (Wildman–Crippen MR) is 185 cm³/mol. The molecular formula is C35H41FN8O7S. The zero-order valence-electron chi connectivity index (χ0n) is 28.9. The summed E-state index contributed by atoms with van der Waals surface area (Å²) in [6, 6.07) is 3.39. The van der Waals surface area contributed by atoms with Crippen molar-refractivity contribution in [2.75, 3.05) is 6.54 Å². The molecule has 3 N–H and O–H groups in total. The highest BCUT2D eigenvalue weighted by Gasteiger charge is 2.62. The van der Waals surface area contributed by atoms with Gasteiger partial charge in [-0.25, -0.2) is 22.8 Å². The second-order valence-electron chi connectivity index (χ2n) is 14.1. The number of ether oxygens (including phenoxy) is 1. The van der Waals surface area contributed by atoms with Crippen LogP contribution >= 0.6 is 0 Å². The van der Waals surface area contributed by atoms with Crippen LogP contribution in [0, 0.1) is 18.7 Å². The van der Waals surface area contributed by atoms with Crippen molar-refractivity contribution < 1.29 is 36.7 Å². The lowest BCUT2D eigenvalue weighted by molar-refractivity contribution is -0.141. The molecule has 17 heteroatoms. The van der Waals surface area contributed by atoms with Crippen molar-refractivity contribution in [2.24, 2.45) is 13.0 Å². The van der Waals surface area contributed by atoms with Gasteiger partial charge >= 0.3 is 0 Å². The zero-order chi connectivity index (χ0) is 36.8. The second-order valence-corrected chi connectivity index (χ2v) is 16.1. The first-order valence-corrected chi connectivity index (χ1v) is 19.1. The van der Waals surface area contributed by atoms with Crippen LogP contribution in [0.15, 0.2) is 42.6 Å². The van der Waals surface area contributed by atoms with E-state index in [0.717, 1.165) is 12.8 Å². The Morgan fingerprint density at radius 1 is 1.08 bits per heavy atom. The molecule has 52 heavy (non-hydrogen) atoms. The van der Waals surface area contributed by atoms with Crippen molar-refractivity contribution in [1.82, 2.24) is 40.0 Å². The SMILES string of the molecule is Cc1nc2ccc(F)cc2nc1O[C@@H]1C[C@H]2C(=O)N[C@]3(C(=O)NS(=O)(=O)C4CC4)C[C@H]3C=CCCCCC[C@H](NC(=O)c3ccnn3C)C(=O)N2C1. The van der Waals surface area contributed by atoms with Crippen molar-refractivity contribution in [3.05, 3.63) is 59.8 Å². The van der Waals surface area contributed by atoms with E-state index in [-0.39, 0.29) is 36.5 Å². The second kappa shape index (κ2) is 13.9. The van der Waals surface area contributed by atoms with Crippen molar-refractivity contribution >= 4 is 44.7 Å². The van der Waals surface area contributed by atoms with Gasteiger partial charge in [-0.15, -0.1) is 0 Å². The molecule has 1 saturated heterocycles. The summed E-state index contributed by atoms with van der Waals surface area (Å²) in [7, 11) is -2.29. The van der Waals surface area contributed by atoms with E-state index < -0.39 is 74.4 Å². The number of nitrogens with zero attached hydrogens (tertiary/aromatic N) is 5. The molecule has 2 aliphatic carbocycles. The Morgan fingerprint density at radius 3 is 2.63 bits per heavy atom. The first-order chi connectivity index (χ1) is 24.8. The Kier molecular flexibility index (Phi) is 9.48. The first-order valence-electron chi connectivity index (χ1n) is 17.6. The van der Waals surface area contributed by atoms with Crippen LogP contribution in [0.1, 0.15) is 74.0 Å². The highest BCUT2D eigenvalue weighted by atomic mass is 32.2. The van der Waals surface area contributed by atoms with Crippen molar-refractivity contribution in [3.63, 3.8) is 0 Å². The van der Waals surface area contributed by atoms with Gasteiger partial charge in [-0.1, -0.05) is 25.0 Å². The molecule has 4 amide bonds. The number of benzene rings is 1. The summed E-state index contributed by atoms with van der Waals surface area (Å²) in [5.41, 5.74) is -0.127. The van der Waals surface area contributed by atoms with Crippen LogP contribution in [0.4, 0.5) is 4.39 Å². The maximum absolute atomic E-state index is 14.5. The van der Waals surface area contributed by atoms with Gasteiger partial charge in [0.05, 0.1) is 22.8 Å². The number of rotatable bonds is 7. The minimum atomic E-state index is -3.91. The summed E-state index contributed by atoms with van der Waals surface area (Å²) in [4.78, 5) is 66.0. The number of nitrogens with one attached hydrogen (secondary N) is 3. The Hall–Kier alpha value is -4.93. The molecule has 5 atom stereocenters. The quantitative estimate of drug-likeness (QED) is 0.302. The van der Waals surface area contributed by atoms with Crippen LogP contribution in [0.3, 0.4) is 0 Å². The first kappa shape index (κ1) is 35.5. The molecule has 7 rings (SSSR count). The van der Waals surface area contributed by atoms with Crippen LogP contribution in [0.25, 0.3) is 11.0 Å². The van der Waals surface area contributed by atoms with E-state index in [4.69, 9.17) is 4.74 Å². The van der Waals surface area contributed by atoms with Gasteiger partial charge in [0.15, 0.2) is 0 Å². The van der Waals surface area contributed by atoms with Gasteiger partial charge in [0.25, 0.3) is 11.8 Å². The normalized spacial score (nSPS) is 26.8. The van der Waals surface area contributed by atoms with Crippen molar-refractivity contribution in [2.45, 2.75) is 93.7 Å². The number of aromatic nitrogens is 4. The number of carbonyl (C=O) groups is 4.